The molecule has 1 heterocycles. The summed E-state index contributed by atoms with van der Waals surface area (Å²) in [6.45, 7) is 0. The van der Waals surface area contributed by atoms with Crippen LogP contribution in [-0.4, -0.2) is 28.4 Å². The number of carbonyl (C=O) groups excluding carboxylic acids is 1. The zero-order chi connectivity index (χ0) is 14.9. The van der Waals surface area contributed by atoms with Crippen LogP contribution in [0.3, 0.4) is 0 Å². The molecule has 0 saturated carbocycles. The van der Waals surface area contributed by atoms with E-state index in [1.807, 2.05) is 0 Å². The van der Waals surface area contributed by atoms with Gasteiger partial charge < -0.3 is 10.5 Å². The maximum atomic E-state index is 13.2. The normalized spacial score (nSPS) is 11.4. The van der Waals surface area contributed by atoms with Gasteiger partial charge in [0.05, 0.1) is 7.11 Å². The summed E-state index contributed by atoms with van der Waals surface area (Å²) in [5.41, 5.74) is 3.03. The number of hydrogen-bond donors (Lipinski definition) is 2. The third-order valence-corrected chi connectivity index (χ3v) is 2.57. The van der Waals surface area contributed by atoms with Gasteiger partial charge in [-0.15, -0.1) is 0 Å². The van der Waals surface area contributed by atoms with E-state index in [9.17, 15) is 18.0 Å². The Morgan fingerprint density at radius 1 is 1.35 bits per heavy atom. The SMILES string of the molecule is COc1cccc(-c2n[nH]nc2C(N)=O)c1C(F)(F)F. The highest BCUT2D eigenvalue weighted by molar-refractivity contribution is 5.97. The minimum absolute atomic E-state index is 0.274. The van der Waals surface area contributed by atoms with Crippen molar-refractivity contribution in [1.29, 1.82) is 0 Å². The van der Waals surface area contributed by atoms with Crippen LogP contribution >= 0.6 is 0 Å². The molecule has 3 N–H and O–H groups in total. The number of methoxy groups -OCH3 is 1. The van der Waals surface area contributed by atoms with Crippen LogP contribution in [0, 0.1) is 0 Å². The summed E-state index contributed by atoms with van der Waals surface area (Å²) in [7, 11) is 1.12. The zero-order valence-electron chi connectivity index (χ0n) is 10.2. The van der Waals surface area contributed by atoms with Crippen LogP contribution in [0.25, 0.3) is 11.3 Å². The number of aromatic amines is 1. The molecule has 1 amide bonds. The van der Waals surface area contributed by atoms with E-state index >= 15 is 0 Å². The molecule has 0 unspecified atom stereocenters. The van der Waals surface area contributed by atoms with E-state index in [-0.39, 0.29) is 22.7 Å². The van der Waals surface area contributed by atoms with Gasteiger partial charge in [0.25, 0.3) is 5.91 Å². The van der Waals surface area contributed by atoms with Crippen LogP contribution < -0.4 is 10.5 Å². The number of nitrogens with one attached hydrogen (secondary N) is 1. The van der Waals surface area contributed by atoms with Crippen molar-refractivity contribution in [3.63, 3.8) is 0 Å². The van der Waals surface area contributed by atoms with Crippen LogP contribution in [0.1, 0.15) is 16.1 Å². The standard InChI is InChI=1S/C11H9F3N4O2/c1-20-6-4-2-3-5(7(6)11(12,13)14)8-9(10(15)19)17-18-16-8/h2-4H,1H3,(H2,15,19)(H,16,17,18). The van der Waals surface area contributed by atoms with Crippen molar-refractivity contribution in [2.24, 2.45) is 5.73 Å². The Kier molecular flexibility index (Phi) is 3.35. The van der Waals surface area contributed by atoms with E-state index in [1.54, 1.807) is 0 Å². The number of hydrogen-bond acceptors (Lipinski definition) is 4. The Hall–Kier alpha value is -2.58. The van der Waals surface area contributed by atoms with Crippen LogP contribution in [0.2, 0.25) is 0 Å². The molecule has 0 bridgehead atoms. The summed E-state index contributed by atoms with van der Waals surface area (Å²) < 4.78 is 44.2. The second kappa shape index (κ2) is 4.83. The van der Waals surface area contributed by atoms with Gasteiger partial charge >= 0.3 is 6.18 Å². The highest BCUT2D eigenvalue weighted by atomic mass is 19.4. The Balaban J connectivity index is 2.74. The van der Waals surface area contributed by atoms with Crippen molar-refractivity contribution in [1.82, 2.24) is 15.4 Å². The number of ether oxygens (including phenoxy) is 1. The summed E-state index contributed by atoms with van der Waals surface area (Å²) in [6, 6.07) is 3.68. The molecule has 9 heteroatoms. The van der Waals surface area contributed by atoms with Gasteiger partial charge in [0.15, 0.2) is 5.69 Å². The van der Waals surface area contributed by atoms with Gasteiger partial charge in [0.1, 0.15) is 17.0 Å². The molecule has 1 aromatic carbocycles. The molecule has 0 atom stereocenters. The molecular formula is C11H9F3N4O2. The summed E-state index contributed by atoms with van der Waals surface area (Å²) in [6.07, 6.45) is -4.68. The number of rotatable bonds is 3. The summed E-state index contributed by atoms with van der Waals surface area (Å²) >= 11 is 0. The fourth-order valence-corrected chi connectivity index (χ4v) is 1.78. The number of carbonyl (C=O) groups is 1. The lowest BCUT2D eigenvalue weighted by molar-refractivity contribution is -0.138. The molecule has 20 heavy (non-hydrogen) atoms. The molecule has 0 radical (unpaired) electrons. The molecule has 0 aliphatic rings. The molecule has 6 nitrogen and oxygen atoms in total. The Morgan fingerprint density at radius 2 is 2.05 bits per heavy atom. The van der Waals surface area contributed by atoms with Gasteiger partial charge in [-0.3, -0.25) is 4.79 Å². The van der Waals surface area contributed by atoms with Crippen molar-refractivity contribution in [3.05, 3.63) is 29.5 Å². The van der Waals surface area contributed by atoms with E-state index in [2.05, 4.69) is 15.4 Å². The number of primary amides is 1. The van der Waals surface area contributed by atoms with E-state index < -0.39 is 17.6 Å². The second-order valence-corrected chi connectivity index (χ2v) is 3.77. The van der Waals surface area contributed by atoms with Crippen molar-refractivity contribution in [3.8, 4) is 17.0 Å². The molecule has 0 saturated heterocycles. The van der Waals surface area contributed by atoms with E-state index in [0.29, 0.717) is 0 Å². The van der Waals surface area contributed by atoms with Gasteiger partial charge in [-0.1, -0.05) is 12.1 Å². The van der Waals surface area contributed by atoms with Crippen LogP contribution in [0.5, 0.6) is 5.75 Å². The molecule has 1 aromatic heterocycles. The fraction of sp³-hybridized carbons (Fsp3) is 0.182. The first-order valence-corrected chi connectivity index (χ1v) is 5.31. The lowest BCUT2D eigenvalue weighted by atomic mass is 10.0. The molecule has 0 fully saturated rings. The second-order valence-electron chi connectivity index (χ2n) is 3.77. The minimum atomic E-state index is -4.68. The summed E-state index contributed by atoms with van der Waals surface area (Å²) in [5, 5.41) is 9.10. The smallest absolute Gasteiger partial charge is 0.420 e. The van der Waals surface area contributed by atoms with E-state index in [4.69, 9.17) is 10.5 Å². The first-order chi connectivity index (χ1) is 9.36. The van der Waals surface area contributed by atoms with Gasteiger partial charge in [0, 0.05) is 5.56 Å². The lowest BCUT2D eigenvalue weighted by Gasteiger charge is -2.15. The quantitative estimate of drug-likeness (QED) is 0.896. The van der Waals surface area contributed by atoms with Crippen molar-refractivity contribution >= 4 is 5.91 Å². The van der Waals surface area contributed by atoms with E-state index in [0.717, 1.165) is 19.2 Å². The summed E-state index contributed by atoms with van der Waals surface area (Å²) in [5.74, 6) is -1.36. The molecule has 106 valence electrons. The summed E-state index contributed by atoms with van der Waals surface area (Å²) in [4.78, 5) is 11.2. The Labute approximate surface area is 110 Å². The number of aromatic nitrogens is 3. The Bertz CT molecular complexity index is 651. The number of amides is 1. The first kappa shape index (κ1) is 13.8. The number of alkyl halides is 3. The van der Waals surface area contributed by atoms with E-state index in [1.165, 1.54) is 6.07 Å². The predicted octanol–water partition coefficient (Wildman–Crippen LogP) is 1.60. The number of nitrogens with two attached hydrogens (primary N) is 1. The minimum Gasteiger partial charge on any atom is -0.496 e. The first-order valence-electron chi connectivity index (χ1n) is 5.31. The average Bonchev–Trinajstić information content (AvgIpc) is 2.85. The fourth-order valence-electron chi connectivity index (χ4n) is 1.78. The molecular weight excluding hydrogens is 277 g/mol. The number of nitrogens with zero attached hydrogens (tertiary/aromatic N) is 2. The average molecular weight is 286 g/mol. The third-order valence-electron chi connectivity index (χ3n) is 2.57. The number of halogens is 3. The Morgan fingerprint density at radius 3 is 2.60 bits per heavy atom. The lowest BCUT2D eigenvalue weighted by Crippen LogP contribution is -2.15. The molecule has 0 spiro atoms. The van der Waals surface area contributed by atoms with Crippen LogP contribution in [0.4, 0.5) is 13.2 Å². The van der Waals surface area contributed by atoms with Gasteiger partial charge in [0.2, 0.25) is 0 Å². The van der Waals surface area contributed by atoms with Crippen molar-refractivity contribution < 1.29 is 22.7 Å². The maximum Gasteiger partial charge on any atom is 0.420 e. The van der Waals surface area contributed by atoms with Gasteiger partial charge in [-0.2, -0.15) is 28.6 Å². The van der Waals surface area contributed by atoms with Gasteiger partial charge in [-0.05, 0) is 6.07 Å². The van der Waals surface area contributed by atoms with Crippen molar-refractivity contribution in [2.45, 2.75) is 6.18 Å². The monoisotopic (exact) mass is 286 g/mol. The van der Waals surface area contributed by atoms with Crippen LogP contribution in [0.15, 0.2) is 18.2 Å². The van der Waals surface area contributed by atoms with Crippen molar-refractivity contribution in [2.75, 3.05) is 7.11 Å². The highest BCUT2D eigenvalue weighted by Crippen LogP contribution is 2.42. The third kappa shape index (κ3) is 2.29. The molecule has 0 aliphatic carbocycles. The maximum absolute atomic E-state index is 13.2. The molecule has 2 rings (SSSR count). The largest absolute Gasteiger partial charge is 0.496 e. The molecule has 2 aromatic rings. The predicted molar refractivity (Wildman–Crippen MR) is 61.9 cm³/mol. The zero-order valence-corrected chi connectivity index (χ0v) is 10.2. The molecule has 0 aliphatic heterocycles. The topological polar surface area (TPSA) is 93.9 Å². The van der Waals surface area contributed by atoms with Crippen LogP contribution in [-0.2, 0) is 6.18 Å². The number of H-pyrrole nitrogens is 1. The van der Waals surface area contributed by atoms with Gasteiger partial charge in [-0.25, -0.2) is 0 Å². The number of benzene rings is 1. The highest BCUT2D eigenvalue weighted by Gasteiger charge is 2.38.